The molecule has 1 N–H and O–H groups in total. The molecule has 160 valence electrons. The first kappa shape index (κ1) is 21.2. The molecule has 0 saturated carbocycles. The maximum absolute atomic E-state index is 12.8. The van der Waals surface area contributed by atoms with Gasteiger partial charge in [0.15, 0.2) is 0 Å². The normalized spacial score (nSPS) is 10.7. The monoisotopic (exact) mass is 423 g/mol. The van der Waals surface area contributed by atoms with Crippen molar-refractivity contribution in [2.24, 2.45) is 0 Å². The molecule has 0 spiro atoms. The van der Waals surface area contributed by atoms with Crippen LogP contribution >= 0.6 is 0 Å². The Morgan fingerprint density at radius 2 is 1.50 bits per heavy atom. The van der Waals surface area contributed by atoms with Crippen LogP contribution in [0.1, 0.15) is 29.2 Å². The van der Waals surface area contributed by atoms with Crippen LogP contribution in [0.5, 0.6) is 5.75 Å². The SMILES string of the molecule is COc1ccc(-c2cc(CNC(=O)CC(c3ccccc3)c3ccccc3)ncn2)cc1. The lowest BCUT2D eigenvalue weighted by Gasteiger charge is -2.18. The summed E-state index contributed by atoms with van der Waals surface area (Å²) in [5, 5.41) is 3.02. The van der Waals surface area contributed by atoms with E-state index in [9.17, 15) is 4.79 Å². The number of nitrogens with one attached hydrogen (secondary N) is 1. The smallest absolute Gasteiger partial charge is 0.221 e. The molecular weight excluding hydrogens is 398 g/mol. The van der Waals surface area contributed by atoms with E-state index in [1.165, 1.54) is 6.33 Å². The van der Waals surface area contributed by atoms with E-state index in [-0.39, 0.29) is 11.8 Å². The van der Waals surface area contributed by atoms with Gasteiger partial charge in [-0.15, -0.1) is 0 Å². The van der Waals surface area contributed by atoms with Gasteiger partial charge in [-0.05, 0) is 41.5 Å². The third-order valence-electron chi connectivity index (χ3n) is 5.37. The van der Waals surface area contributed by atoms with Crippen molar-refractivity contribution < 1.29 is 9.53 Å². The van der Waals surface area contributed by atoms with Crippen molar-refractivity contribution in [3.05, 3.63) is 114 Å². The highest BCUT2D eigenvalue weighted by molar-refractivity contribution is 5.77. The van der Waals surface area contributed by atoms with Crippen molar-refractivity contribution in [2.45, 2.75) is 18.9 Å². The molecule has 32 heavy (non-hydrogen) atoms. The van der Waals surface area contributed by atoms with Crippen LogP contribution in [-0.4, -0.2) is 23.0 Å². The average Bonchev–Trinajstić information content (AvgIpc) is 2.87. The van der Waals surface area contributed by atoms with E-state index in [1.807, 2.05) is 66.7 Å². The highest BCUT2D eigenvalue weighted by atomic mass is 16.5. The Morgan fingerprint density at radius 3 is 2.09 bits per heavy atom. The molecule has 0 unspecified atom stereocenters. The highest BCUT2D eigenvalue weighted by Crippen LogP contribution is 2.28. The third kappa shape index (κ3) is 5.38. The lowest BCUT2D eigenvalue weighted by atomic mass is 9.88. The second-order valence-electron chi connectivity index (χ2n) is 7.48. The number of ether oxygens (including phenoxy) is 1. The van der Waals surface area contributed by atoms with Gasteiger partial charge in [0.1, 0.15) is 12.1 Å². The first-order chi connectivity index (χ1) is 15.7. The first-order valence-corrected chi connectivity index (χ1v) is 10.5. The molecule has 0 aliphatic carbocycles. The Hall–Kier alpha value is -3.99. The fourth-order valence-corrected chi connectivity index (χ4v) is 3.66. The van der Waals surface area contributed by atoms with E-state index >= 15 is 0 Å². The molecule has 4 rings (SSSR count). The molecule has 1 amide bonds. The molecule has 0 saturated heterocycles. The lowest BCUT2D eigenvalue weighted by Crippen LogP contribution is -2.25. The summed E-state index contributed by atoms with van der Waals surface area (Å²) in [5.74, 6) is 0.770. The van der Waals surface area contributed by atoms with E-state index in [4.69, 9.17) is 4.74 Å². The summed E-state index contributed by atoms with van der Waals surface area (Å²) in [6, 6.07) is 29.8. The Morgan fingerprint density at radius 1 is 0.875 bits per heavy atom. The number of hydrogen-bond donors (Lipinski definition) is 1. The van der Waals surface area contributed by atoms with Crippen molar-refractivity contribution >= 4 is 5.91 Å². The van der Waals surface area contributed by atoms with E-state index < -0.39 is 0 Å². The van der Waals surface area contributed by atoms with Gasteiger partial charge in [0.25, 0.3) is 0 Å². The molecule has 0 aliphatic rings. The van der Waals surface area contributed by atoms with Crippen molar-refractivity contribution in [2.75, 3.05) is 7.11 Å². The van der Waals surface area contributed by atoms with Crippen molar-refractivity contribution in [3.63, 3.8) is 0 Å². The molecule has 5 nitrogen and oxygen atoms in total. The second-order valence-corrected chi connectivity index (χ2v) is 7.48. The van der Waals surface area contributed by atoms with Gasteiger partial charge < -0.3 is 10.1 Å². The van der Waals surface area contributed by atoms with Crippen LogP contribution in [0.3, 0.4) is 0 Å². The Bertz CT molecular complexity index is 1110. The summed E-state index contributed by atoms with van der Waals surface area (Å²) in [6.45, 7) is 0.348. The average molecular weight is 424 g/mol. The number of methoxy groups -OCH3 is 1. The minimum Gasteiger partial charge on any atom is -0.497 e. The van der Waals surface area contributed by atoms with Gasteiger partial charge in [-0.2, -0.15) is 0 Å². The van der Waals surface area contributed by atoms with Gasteiger partial charge in [-0.25, -0.2) is 9.97 Å². The maximum Gasteiger partial charge on any atom is 0.221 e. The Kier molecular flexibility index (Phi) is 6.88. The molecule has 0 fully saturated rings. The summed E-state index contributed by atoms with van der Waals surface area (Å²) in [4.78, 5) is 21.5. The number of benzene rings is 3. The number of carbonyl (C=O) groups is 1. The van der Waals surface area contributed by atoms with Gasteiger partial charge >= 0.3 is 0 Å². The minimum atomic E-state index is -0.0210. The molecular formula is C27H25N3O2. The molecule has 1 heterocycles. The molecule has 0 atom stereocenters. The number of nitrogens with zero attached hydrogens (tertiary/aromatic N) is 2. The number of amides is 1. The number of carbonyl (C=O) groups excluding carboxylic acids is 1. The lowest BCUT2D eigenvalue weighted by molar-refractivity contribution is -0.121. The van der Waals surface area contributed by atoms with E-state index in [2.05, 4.69) is 39.6 Å². The Balaban J connectivity index is 1.43. The van der Waals surface area contributed by atoms with Gasteiger partial charge in [0, 0.05) is 17.9 Å². The van der Waals surface area contributed by atoms with E-state index in [0.29, 0.717) is 13.0 Å². The topological polar surface area (TPSA) is 64.1 Å². The third-order valence-corrected chi connectivity index (χ3v) is 5.37. The van der Waals surface area contributed by atoms with Gasteiger partial charge in [-0.3, -0.25) is 4.79 Å². The molecule has 0 bridgehead atoms. The van der Waals surface area contributed by atoms with Gasteiger partial charge in [-0.1, -0.05) is 60.7 Å². The molecule has 1 aromatic heterocycles. The molecule has 0 radical (unpaired) electrons. The molecule has 5 heteroatoms. The van der Waals surface area contributed by atoms with Crippen molar-refractivity contribution in [1.82, 2.24) is 15.3 Å². The quantitative estimate of drug-likeness (QED) is 0.434. The van der Waals surface area contributed by atoms with E-state index in [0.717, 1.165) is 33.8 Å². The number of rotatable bonds is 8. The fraction of sp³-hybridized carbons (Fsp3) is 0.148. The number of aromatic nitrogens is 2. The summed E-state index contributed by atoms with van der Waals surface area (Å²) < 4.78 is 5.21. The van der Waals surface area contributed by atoms with Crippen LogP contribution in [0, 0.1) is 0 Å². The van der Waals surface area contributed by atoms with Crippen LogP contribution in [0.4, 0.5) is 0 Å². The van der Waals surface area contributed by atoms with Gasteiger partial charge in [0.05, 0.1) is 25.0 Å². The van der Waals surface area contributed by atoms with Crippen LogP contribution in [0.15, 0.2) is 97.3 Å². The predicted molar refractivity (Wildman–Crippen MR) is 125 cm³/mol. The van der Waals surface area contributed by atoms with Crippen LogP contribution in [-0.2, 0) is 11.3 Å². The Labute approximate surface area is 188 Å². The standard InChI is InChI=1S/C27H25N3O2/c1-32-24-14-12-22(13-15-24)26-16-23(29-19-30-26)18-28-27(31)17-25(20-8-4-2-5-9-20)21-10-6-3-7-11-21/h2-16,19,25H,17-18H2,1H3,(H,28,31). The fourth-order valence-electron chi connectivity index (χ4n) is 3.66. The van der Waals surface area contributed by atoms with Gasteiger partial charge in [0.2, 0.25) is 5.91 Å². The summed E-state index contributed by atoms with van der Waals surface area (Å²) in [5.41, 5.74) is 4.78. The first-order valence-electron chi connectivity index (χ1n) is 10.5. The minimum absolute atomic E-state index is 0.00217. The zero-order valence-electron chi connectivity index (χ0n) is 17.9. The summed E-state index contributed by atoms with van der Waals surface area (Å²) in [7, 11) is 1.64. The second kappa shape index (κ2) is 10.4. The largest absolute Gasteiger partial charge is 0.497 e. The number of hydrogen-bond acceptors (Lipinski definition) is 4. The van der Waals surface area contributed by atoms with Crippen LogP contribution in [0.2, 0.25) is 0 Å². The highest BCUT2D eigenvalue weighted by Gasteiger charge is 2.18. The molecule has 4 aromatic rings. The van der Waals surface area contributed by atoms with Crippen LogP contribution in [0.25, 0.3) is 11.3 Å². The summed E-state index contributed by atoms with van der Waals surface area (Å²) in [6.07, 6.45) is 1.89. The molecule has 3 aromatic carbocycles. The zero-order chi connectivity index (χ0) is 22.2. The van der Waals surface area contributed by atoms with Crippen molar-refractivity contribution in [3.8, 4) is 17.0 Å². The summed E-state index contributed by atoms with van der Waals surface area (Å²) >= 11 is 0. The molecule has 0 aliphatic heterocycles. The van der Waals surface area contributed by atoms with Crippen LogP contribution < -0.4 is 10.1 Å². The van der Waals surface area contributed by atoms with Crippen molar-refractivity contribution in [1.29, 1.82) is 0 Å². The maximum atomic E-state index is 12.8. The van der Waals surface area contributed by atoms with E-state index in [1.54, 1.807) is 7.11 Å². The predicted octanol–water partition coefficient (Wildman–Crippen LogP) is 4.99. The zero-order valence-corrected chi connectivity index (χ0v) is 17.9.